The summed E-state index contributed by atoms with van der Waals surface area (Å²) < 4.78 is 0. The molecule has 2 fully saturated rings. The van der Waals surface area contributed by atoms with Crippen molar-refractivity contribution >= 4 is 34.9 Å². The lowest BCUT2D eigenvalue weighted by Gasteiger charge is -2.28. The first-order valence-corrected chi connectivity index (χ1v) is 8.12. The highest BCUT2D eigenvalue weighted by Crippen LogP contribution is 2.34. The standard InChI is InChI=1S/C16H17Cl2NO2/c17-12-7-6-10(9-13(12)18)16(21)19-8-2-4-14(19)11-3-1-5-15(11)20/h6-7,9,11,14H,1-5,8H2. The van der Waals surface area contributed by atoms with Crippen LogP contribution >= 0.6 is 23.2 Å². The van der Waals surface area contributed by atoms with Gasteiger partial charge in [-0.2, -0.15) is 0 Å². The minimum atomic E-state index is -0.0456. The molecule has 1 heterocycles. The Morgan fingerprint density at radius 1 is 1.14 bits per heavy atom. The molecule has 0 bridgehead atoms. The average Bonchev–Trinajstić information content (AvgIpc) is 3.09. The number of ketones is 1. The summed E-state index contributed by atoms with van der Waals surface area (Å²) in [5, 5.41) is 0.826. The van der Waals surface area contributed by atoms with E-state index in [4.69, 9.17) is 23.2 Å². The van der Waals surface area contributed by atoms with E-state index in [2.05, 4.69) is 0 Å². The van der Waals surface area contributed by atoms with Crippen LogP contribution in [0.1, 0.15) is 42.5 Å². The Bertz CT molecular complexity index is 588. The van der Waals surface area contributed by atoms with Gasteiger partial charge in [0.25, 0.3) is 5.91 Å². The van der Waals surface area contributed by atoms with Gasteiger partial charge >= 0.3 is 0 Å². The molecule has 21 heavy (non-hydrogen) atoms. The van der Waals surface area contributed by atoms with Crippen molar-refractivity contribution in [2.75, 3.05) is 6.54 Å². The van der Waals surface area contributed by atoms with Gasteiger partial charge in [0.05, 0.1) is 10.0 Å². The number of nitrogens with zero attached hydrogens (tertiary/aromatic N) is 1. The van der Waals surface area contributed by atoms with Crippen LogP contribution in [-0.4, -0.2) is 29.2 Å². The number of carbonyl (C=O) groups is 2. The first-order chi connectivity index (χ1) is 10.1. The molecule has 5 heteroatoms. The fourth-order valence-electron chi connectivity index (χ4n) is 3.51. The number of Topliss-reactive ketones (excluding diaryl/α,β-unsaturated/α-hetero) is 1. The number of hydrogen-bond donors (Lipinski definition) is 0. The molecule has 1 aromatic rings. The van der Waals surface area contributed by atoms with Gasteiger partial charge in [0, 0.05) is 30.5 Å². The Balaban J connectivity index is 1.82. The van der Waals surface area contributed by atoms with Crippen molar-refractivity contribution in [3.8, 4) is 0 Å². The molecule has 1 aromatic carbocycles. The molecule has 3 nitrogen and oxygen atoms in total. The average molecular weight is 326 g/mol. The third-order valence-electron chi connectivity index (χ3n) is 4.54. The lowest BCUT2D eigenvalue weighted by Crippen LogP contribution is -2.41. The molecular weight excluding hydrogens is 309 g/mol. The molecule has 2 unspecified atom stereocenters. The predicted molar refractivity (Wildman–Crippen MR) is 82.9 cm³/mol. The van der Waals surface area contributed by atoms with E-state index >= 15 is 0 Å². The second-order valence-electron chi connectivity index (χ2n) is 5.80. The Hall–Kier alpha value is -1.06. The minimum Gasteiger partial charge on any atom is -0.335 e. The first-order valence-electron chi connectivity index (χ1n) is 7.36. The maximum absolute atomic E-state index is 12.7. The van der Waals surface area contributed by atoms with Crippen molar-refractivity contribution < 1.29 is 9.59 Å². The Kier molecular flexibility index (Phi) is 4.23. The van der Waals surface area contributed by atoms with Gasteiger partial charge in [-0.25, -0.2) is 0 Å². The highest BCUT2D eigenvalue weighted by Gasteiger charge is 2.40. The molecule has 1 saturated carbocycles. The van der Waals surface area contributed by atoms with Gasteiger partial charge in [-0.1, -0.05) is 23.2 Å². The molecule has 3 rings (SSSR count). The number of likely N-dealkylation sites (tertiary alicyclic amines) is 1. The summed E-state index contributed by atoms with van der Waals surface area (Å²) >= 11 is 11.9. The van der Waals surface area contributed by atoms with Gasteiger partial charge in [-0.05, 0) is 43.9 Å². The third kappa shape index (κ3) is 2.82. The van der Waals surface area contributed by atoms with Crippen LogP contribution in [0.3, 0.4) is 0 Å². The molecular formula is C16H17Cl2NO2. The van der Waals surface area contributed by atoms with E-state index in [0.29, 0.717) is 34.4 Å². The second kappa shape index (κ2) is 5.98. The molecule has 0 aromatic heterocycles. The van der Waals surface area contributed by atoms with E-state index in [9.17, 15) is 9.59 Å². The number of hydrogen-bond acceptors (Lipinski definition) is 2. The highest BCUT2D eigenvalue weighted by molar-refractivity contribution is 6.42. The van der Waals surface area contributed by atoms with Crippen LogP contribution in [0.5, 0.6) is 0 Å². The fraction of sp³-hybridized carbons (Fsp3) is 0.500. The topological polar surface area (TPSA) is 37.4 Å². The van der Waals surface area contributed by atoms with E-state index in [0.717, 1.165) is 25.7 Å². The molecule has 0 N–H and O–H groups in total. The third-order valence-corrected chi connectivity index (χ3v) is 5.28. The van der Waals surface area contributed by atoms with Crippen LogP contribution in [0, 0.1) is 5.92 Å². The van der Waals surface area contributed by atoms with Gasteiger partial charge in [0.1, 0.15) is 5.78 Å². The number of carbonyl (C=O) groups excluding carboxylic acids is 2. The molecule has 0 radical (unpaired) electrons. The summed E-state index contributed by atoms with van der Waals surface area (Å²) in [4.78, 5) is 26.5. The molecule has 1 saturated heterocycles. The molecule has 1 aliphatic heterocycles. The van der Waals surface area contributed by atoms with Crippen molar-refractivity contribution in [2.45, 2.75) is 38.1 Å². The van der Waals surface area contributed by atoms with Crippen molar-refractivity contribution in [1.29, 1.82) is 0 Å². The molecule has 1 amide bonds. The van der Waals surface area contributed by atoms with Gasteiger partial charge in [-0.15, -0.1) is 0 Å². The predicted octanol–water partition coefficient (Wildman–Crippen LogP) is 3.97. The zero-order valence-corrected chi connectivity index (χ0v) is 13.2. The largest absolute Gasteiger partial charge is 0.335 e. The second-order valence-corrected chi connectivity index (χ2v) is 6.62. The van der Waals surface area contributed by atoms with E-state index in [1.54, 1.807) is 18.2 Å². The Labute approximate surface area is 134 Å². The first kappa shape index (κ1) is 14.9. The molecule has 112 valence electrons. The van der Waals surface area contributed by atoms with E-state index in [1.807, 2.05) is 4.90 Å². The molecule has 2 atom stereocenters. The smallest absolute Gasteiger partial charge is 0.254 e. The van der Waals surface area contributed by atoms with Crippen molar-refractivity contribution in [2.24, 2.45) is 5.92 Å². The maximum Gasteiger partial charge on any atom is 0.254 e. The number of rotatable bonds is 2. The SMILES string of the molecule is O=C1CCCC1C1CCCN1C(=O)c1ccc(Cl)c(Cl)c1. The van der Waals surface area contributed by atoms with Crippen molar-refractivity contribution in [3.05, 3.63) is 33.8 Å². The number of halogens is 2. The highest BCUT2D eigenvalue weighted by atomic mass is 35.5. The summed E-state index contributed by atoms with van der Waals surface area (Å²) in [7, 11) is 0. The zero-order valence-electron chi connectivity index (χ0n) is 11.6. The summed E-state index contributed by atoms with van der Waals surface area (Å²) in [5.41, 5.74) is 0.543. The summed E-state index contributed by atoms with van der Waals surface area (Å²) in [6, 6.07) is 5.01. The van der Waals surface area contributed by atoms with E-state index in [1.165, 1.54) is 0 Å². The van der Waals surface area contributed by atoms with Crippen LogP contribution in [0.4, 0.5) is 0 Å². The van der Waals surface area contributed by atoms with Crippen LogP contribution in [0.25, 0.3) is 0 Å². The van der Waals surface area contributed by atoms with Gasteiger partial charge < -0.3 is 4.90 Å². The van der Waals surface area contributed by atoms with Crippen LogP contribution in [-0.2, 0) is 4.79 Å². The van der Waals surface area contributed by atoms with Crippen LogP contribution in [0.2, 0.25) is 10.0 Å². The Morgan fingerprint density at radius 2 is 1.95 bits per heavy atom. The normalized spacial score (nSPS) is 25.6. The van der Waals surface area contributed by atoms with E-state index in [-0.39, 0.29) is 17.9 Å². The lowest BCUT2D eigenvalue weighted by molar-refractivity contribution is -0.121. The summed E-state index contributed by atoms with van der Waals surface area (Å²) in [6.07, 6.45) is 4.41. The van der Waals surface area contributed by atoms with Crippen LogP contribution < -0.4 is 0 Å². The van der Waals surface area contributed by atoms with Gasteiger partial charge in [0.2, 0.25) is 0 Å². The molecule has 1 aliphatic carbocycles. The van der Waals surface area contributed by atoms with Crippen molar-refractivity contribution in [1.82, 2.24) is 4.90 Å². The van der Waals surface area contributed by atoms with Crippen LogP contribution in [0.15, 0.2) is 18.2 Å². The monoisotopic (exact) mass is 325 g/mol. The molecule has 2 aliphatic rings. The Morgan fingerprint density at radius 3 is 2.62 bits per heavy atom. The fourth-order valence-corrected chi connectivity index (χ4v) is 3.81. The van der Waals surface area contributed by atoms with E-state index < -0.39 is 0 Å². The molecule has 0 spiro atoms. The minimum absolute atomic E-state index is 0.0271. The lowest BCUT2D eigenvalue weighted by atomic mass is 9.94. The summed E-state index contributed by atoms with van der Waals surface area (Å²) in [6.45, 7) is 0.716. The summed E-state index contributed by atoms with van der Waals surface area (Å²) in [5.74, 6) is 0.295. The quantitative estimate of drug-likeness (QED) is 0.825. The van der Waals surface area contributed by atoms with Crippen molar-refractivity contribution in [3.63, 3.8) is 0 Å². The zero-order chi connectivity index (χ0) is 15.0. The van der Waals surface area contributed by atoms with Gasteiger partial charge in [-0.3, -0.25) is 9.59 Å². The maximum atomic E-state index is 12.7. The number of benzene rings is 1. The van der Waals surface area contributed by atoms with Gasteiger partial charge in [0.15, 0.2) is 0 Å². The number of amides is 1.